The third-order valence-electron chi connectivity index (χ3n) is 2.35. The Bertz CT molecular complexity index is 316. The molecule has 16 heavy (non-hydrogen) atoms. The van der Waals surface area contributed by atoms with Crippen molar-refractivity contribution < 1.29 is 0 Å². The minimum Gasteiger partial charge on any atom is -0.356 e. The van der Waals surface area contributed by atoms with Crippen LogP contribution in [0.15, 0.2) is 0 Å². The van der Waals surface area contributed by atoms with E-state index in [-0.39, 0.29) is 5.41 Å². The lowest BCUT2D eigenvalue weighted by molar-refractivity contribution is 0.554. The van der Waals surface area contributed by atoms with Crippen LogP contribution in [0.4, 0.5) is 5.13 Å². The van der Waals surface area contributed by atoms with Crippen molar-refractivity contribution in [3.05, 3.63) is 5.82 Å². The molecule has 1 atom stereocenters. The van der Waals surface area contributed by atoms with Gasteiger partial charge >= 0.3 is 0 Å². The van der Waals surface area contributed by atoms with Crippen LogP contribution in [0.5, 0.6) is 0 Å². The van der Waals surface area contributed by atoms with E-state index >= 15 is 0 Å². The van der Waals surface area contributed by atoms with Gasteiger partial charge in [-0.3, -0.25) is 0 Å². The minimum atomic E-state index is 0.0133. The van der Waals surface area contributed by atoms with Crippen molar-refractivity contribution in [2.75, 3.05) is 11.9 Å². The lowest BCUT2D eigenvalue weighted by Crippen LogP contribution is -2.28. The van der Waals surface area contributed by atoms with Crippen molar-refractivity contribution in [3.63, 3.8) is 0 Å². The molecule has 0 spiro atoms. The SMILES string of the molecule is CCCC(CN)Nc1nc(C(C)(C)C)ns1. The van der Waals surface area contributed by atoms with E-state index in [0.29, 0.717) is 12.6 Å². The predicted molar refractivity (Wildman–Crippen MR) is 70.0 cm³/mol. The first-order chi connectivity index (χ1) is 7.47. The summed E-state index contributed by atoms with van der Waals surface area (Å²) in [4.78, 5) is 4.49. The summed E-state index contributed by atoms with van der Waals surface area (Å²) in [5.41, 5.74) is 5.71. The Morgan fingerprint density at radius 1 is 1.44 bits per heavy atom. The van der Waals surface area contributed by atoms with E-state index in [1.54, 1.807) is 0 Å². The van der Waals surface area contributed by atoms with Gasteiger partial charge in [0, 0.05) is 29.5 Å². The lowest BCUT2D eigenvalue weighted by Gasteiger charge is -2.15. The summed E-state index contributed by atoms with van der Waals surface area (Å²) in [6, 6.07) is 0.311. The molecular formula is C11H22N4S. The molecule has 1 unspecified atom stereocenters. The minimum absolute atomic E-state index is 0.0133. The molecule has 0 aliphatic heterocycles. The summed E-state index contributed by atoms with van der Waals surface area (Å²) in [5.74, 6) is 0.896. The average molecular weight is 242 g/mol. The largest absolute Gasteiger partial charge is 0.356 e. The fourth-order valence-electron chi connectivity index (χ4n) is 1.36. The predicted octanol–water partition coefficient (Wildman–Crippen LogP) is 2.37. The van der Waals surface area contributed by atoms with Crippen LogP contribution < -0.4 is 11.1 Å². The molecule has 0 radical (unpaired) electrons. The topological polar surface area (TPSA) is 63.8 Å². The first-order valence-electron chi connectivity index (χ1n) is 5.78. The van der Waals surface area contributed by atoms with Crippen molar-refractivity contribution in [1.29, 1.82) is 0 Å². The molecular weight excluding hydrogens is 220 g/mol. The fraction of sp³-hybridized carbons (Fsp3) is 0.818. The summed E-state index contributed by atoms with van der Waals surface area (Å²) in [6.45, 7) is 9.14. The second kappa shape index (κ2) is 5.59. The molecule has 5 heteroatoms. The zero-order chi connectivity index (χ0) is 12.2. The summed E-state index contributed by atoms with van der Waals surface area (Å²) in [6.07, 6.45) is 2.20. The molecule has 92 valence electrons. The molecule has 0 bridgehead atoms. The monoisotopic (exact) mass is 242 g/mol. The molecule has 0 aliphatic carbocycles. The molecule has 4 nitrogen and oxygen atoms in total. The number of anilines is 1. The fourth-order valence-corrected chi connectivity index (χ4v) is 2.19. The first-order valence-corrected chi connectivity index (χ1v) is 6.55. The van der Waals surface area contributed by atoms with Gasteiger partial charge in [0.05, 0.1) is 0 Å². The zero-order valence-corrected chi connectivity index (χ0v) is 11.4. The van der Waals surface area contributed by atoms with Gasteiger partial charge < -0.3 is 11.1 Å². The van der Waals surface area contributed by atoms with Gasteiger partial charge in [-0.15, -0.1) is 0 Å². The number of nitrogens with one attached hydrogen (secondary N) is 1. The molecule has 0 aliphatic rings. The van der Waals surface area contributed by atoms with Crippen LogP contribution in [0, 0.1) is 0 Å². The van der Waals surface area contributed by atoms with Gasteiger partial charge in [-0.25, -0.2) is 4.98 Å². The number of nitrogens with zero attached hydrogens (tertiary/aromatic N) is 2. The van der Waals surface area contributed by atoms with E-state index < -0.39 is 0 Å². The molecule has 0 saturated carbocycles. The summed E-state index contributed by atoms with van der Waals surface area (Å²) < 4.78 is 4.36. The van der Waals surface area contributed by atoms with Crippen molar-refractivity contribution >= 4 is 16.7 Å². The summed E-state index contributed by atoms with van der Waals surface area (Å²) >= 11 is 1.42. The van der Waals surface area contributed by atoms with Crippen LogP contribution in [0.25, 0.3) is 0 Å². The summed E-state index contributed by atoms with van der Waals surface area (Å²) in [7, 11) is 0. The quantitative estimate of drug-likeness (QED) is 0.832. The Morgan fingerprint density at radius 3 is 2.56 bits per heavy atom. The molecule has 0 aromatic carbocycles. The molecule has 3 N–H and O–H groups in total. The Labute approximate surface area is 102 Å². The van der Waals surface area contributed by atoms with Gasteiger partial charge in [0.15, 0.2) is 0 Å². The number of hydrogen-bond acceptors (Lipinski definition) is 5. The molecule has 1 rings (SSSR count). The standard InChI is InChI=1S/C11H22N4S/c1-5-6-8(7-12)13-10-14-9(15-16-10)11(2,3)4/h8H,5-7,12H2,1-4H3,(H,13,14,15). The number of hydrogen-bond donors (Lipinski definition) is 2. The Kier molecular flexibility index (Phi) is 4.68. The van der Waals surface area contributed by atoms with Crippen molar-refractivity contribution in [3.8, 4) is 0 Å². The van der Waals surface area contributed by atoms with Crippen LogP contribution in [-0.2, 0) is 5.41 Å². The summed E-state index contributed by atoms with van der Waals surface area (Å²) in [5, 5.41) is 4.23. The van der Waals surface area contributed by atoms with Crippen LogP contribution in [0.3, 0.4) is 0 Å². The highest BCUT2D eigenvalue weighted by Crippen LogP contribution is 2.23. The maximum atomic E-state index is 5.69. The van der Waals surface area contributed by atoms with Gasteiger partial charge in [-0.2, -0.15) is 4.37 Å². The smallest absolute Gasteiger partial charge is 0.202 e. The van der Waals surface area contributed by atoms with E-state index in [2.05, 4.69) is 42.4 Å². The zero-order valence-electron chi connectivity index (χ0n) is 10.6. The van der Waals surface area contributed by atoms with E-state index in [9.17, 15) is 0 Å². The van der Waals surface area contributed by atoms with Crippen molar-refractivity contribution in [1.82, 2.24) is 9.36 Å². The van der Waals surface area contributed by atoms with Crippen LogP contribution in [0.2, 0.25) is 0 Å². The van der Waals surface area contributed by atoms with E-state index in [1.165, 1.54) is 11.5 Å². The van der Waals surface area contributed by atoms with Gasteiger partial charge in [0.1, 0.15) is 5.82 Å². The first kappa shape index (κ1) is 13.4. The Morgan fingerprint density at radius 2 is 2.12 bits per heavy atom. The highest BCUT2D eigenvalue weighted by Gasteiger charge is 2.20. The van der Waals surface area contributed by atoms with Crippen LogP contribution in [0.1, 0.15) is 46.4 Å². The van der Waals surface area contributed by atoms with Crippen molar-refractivity contribution in [2.24, 2.45) is 5.73 Å². The average Bonchev–Trinajstić information content (AvgIpc) is 2.65. The Hall–Kier alpha value is -0.680. The van der Waals surface area contributed by atoms with Crippen molar-refractivity contribution in [2.45, 2.75) is 52.0 Å². The van der Waals surface area contributed by atoms with Gasteiger partial charge in [-0.05, 0) is 6.42 Å². The van der Waals surface area contributed by atoms with Gasteiger partial charge in [0.2, 0.25) is 5.13 Å². The van der Waals surface area contributed by atoms with Gasteiger partial charge in [-0.1, -0.05) is 34.1 Å². The third-order valence-corrected chi connectivity index (χ3v) is 2.99. The number of aromatic nitrogens is 2. The van der Waals surface area contributed by atoms with E-state index in [0.717, 1.165) is 23.8 Å². The van der Waals surface area contributed by atoms with E-state index in [1.807, 2.05) is 0 Å². The number of rotatable bonds is 5. The maximum Gasteiger partial charge on any atom is 0.202 e. The molecule has 1 aromatic rings. The normalized spacial score (nSPS) is 13.8. The highest BCUT2D eigenvalue weighted by atomic mass is 32.1. The lowest BCUT2D eigenvalue weighted by atomic mass is 9.96. The Balaban J connectivity index is 2.64. The molecule has 1 aromatic heterocycles. The van der Waals surface area contributed by atoms with Gasteiger partial charge in [0.25, 0.3) is 0 Å². The highest BCUT2D eigenvalue weighted by molar-refractivity contribution is 7.09. The van der Waals surface area contributed by atoms with E-state index in [4.69, 9.17) is 5.73 Å². The molecule has 1 heterocycles. The second-order valence-electron chi connectivity index (χ2n) is 5.04. The molecule has 0 saturated heterocycles. The van der Waals surface area contributed by atoms with Crippen LogP contribution in [-0.4, -0.2) is 21.9 Å². The third kappa shape index (κ3) is 3.72. The molecule has 0 amide bonds. The maximum absolute atomic E-state index is 5.69. The second-order valence-corrected chi connectivity index (χ2v) is 5.79. The number of nitrogens with two attached hydrogens (primary N) is 1. The molecule has 0 fully saturated rings. The van der Waals surface area contributed by atoms with Crippen LogP contribution >= 0.6 is 11.5 Å².